The van der Waals surface area contributed by atoms with Gasteiger partial charge in [-0.05, 0) is 13.8 Å². The van der Waals surface area contributed by atoms with Crippen molar-refractivity contribution in [2.24, 2.45) is 0 Å². The van der Waals surface area contributed by atoms with E-state index >= 15 is 0 Å². The zero-order chi connectivity index (χ0) is 16.4. The molecule has 1 rings (SSSR count). The molecule has 4 heteroatoms. The lowest BCUT2D eigenvalue weighted by Gasteiger charge is -2.07. The normalized spacial score (nSPS) is 12.9. The molecule has 0 unspecified atom stereocenters. The second-order valence-electron chi connectivity index (χ2n) is 4.46. The molecule has 0 aromatic carbocycles. The lowest BCUT2D eigenvalue weighted by molar-refractivity contribution is 1.03. The molecule has 0 saturated carbocycles. The van der Waals surface area contributed by atoms with Crippen LogP contribution >= 0.6 is 0 Å². The van der Waals surface area contributed by atoms with Gasteiger partial charge in [0.15, 0.2) is 11.6 Å². The Hall–Kier alpha value is -2.49. The van der Waals surface area contributed by atoms with Gasteiger partial charge in [-0.1, -0.05) is 68.6 Å². The van der Waals surface area contributed by atoms with Crippen LogP contribution in [-0.4, -0.2) is 22.2 Å². The SMILES string of the molecule is C=C/C=C(\C=C)c1nc(BC)nc(C(/C=C\C)=C/C=C\C)n1. The summed E-state index contributed by atoms with van der Waals surface area (Å²) in [4.78, 5) is 13.6. The number of rotatable bonds is 7. The minimum atomic E-state index is 0.618. The lowest BCUT2D eigenvalue weighted by atomic mass is 9.81. The number of allylic oxidation sites excluding steroid dienone is 10. The molecule has 0 saturated heterocycles. The van der Waals surface area contributed by atoms with Crippen molar-refractivity contribution >= 4 is 24.1 Å². The molecule has 0 spiro atoms. The first-order valence-corrected chi connectivity index (χ1v) is 7.36. The molecule has 1 aromatic rings. The predicted molar refractivity (Wildman–Crippen MR) is 98.5 cm³/mol. The number of hydrogen-bond acceptors (Lipinski definition) is 3. The predicted octanol–water partition coefficient (Wildman–Crippen LogP) is 3.27. The molecule has 1 aromatic heterocycles. The fourth-order valence-electron chi connectivity index (χ4n) is 1.78. The highest BCUT2D eigenvalue weighted by Crippen LogP contribution is 2.15. The monoisotopic (exact) mass is 291 g/mol. The molecule has 0 aliphatic rings. The molecule has 0 amide bonds. The van der Waals surface area contributed by atoms with Gasteiger partial charge in [0.1, 0.15) is 0 Å². The maximum Gasteiger partial charge on any atom is 0.204 e. The summed E-state index contributed by atoms with van der Waals surface area (Å²) >= 11 is 0. The summed E-state index contributed by atoms with van der Waals surface area (Å²) in [6.07, 6.45) is 15.2. The van der Waals surface area contributed by atoms with E-state index in [0.717, 1.165) is 24.1 Å². The maximum absolute atomic E-state index is 4.58. The highest BCUT2D eigenvalue weighted by Gasteiger charge is 2.10. The molecular formula is C18H22BN3. The van der Waals surface area contributed by atoms with Gasteiger partial charge < -0.3 is 0 Å². The summed E-state index contributed by atoms with van der Waals surface area (Å²) in [7, 11) is 0.744. The Balaban J connectivity index is 3.50. The number of aromatic nitrogens is 3. The molecular weight excluding hydrogens is 269 g/mol. The molecule has 0 radical (unpaired) electrons. The van der Waals surface area contributed by atoms with E-state index in [1.54, 1.807) is 12.2 Å². The third-order valence-corrected chi connectivity index (χ3v) is 2.85. The van der Waals surface area contributed by atoms with Gasteiger partial charge in [0.2, 0.25) is 7.28 Å². The summed E-state index contributed by atoms with van der Waals surface area (Å²) in [6.45, 7) is 13.5. The van der Waals surface area contributed by atoms with E-state index in [1.807, 2.05) is 57.1 Å². The van der Waals surface area contributed by atoms with Crippen molar-refractivity contribution in [1.29, 1.82) is 0 Å². The van der Waals surface area contributed by atoms with E-state index in [1.165, 1.54) is 0 Å². The van der Waals surface area contributed by atoms with E-state index < -0.39 is 0 Å². The molecule has 0 atom stereocenters. The molecule has 112 valence electrons. The number of nitrogens with zero attached hydrogens (tertiary/aromatic N) is 3. The van der Waals surface area contributed by atoms with Gasteiger partial charge in [0.05, 0.1) is 5.72 Å². The summed E-state index contributed by atoms with van der Waals surface area (Å²) in [5.41, 5.74) is 2.54. The quantitative estimate of drug-likeness (QED) is 0.571. The molecule has 0 fully saturated rings. The van der Waals surface area contributed by atoms with Crippen LogP contribution in [0, 0.1) is 0 Å². The van der Waals surface area contributed by atoms with Gasteiger partial charge >= 0.3 is 0 Å². The highest BCUT2D eigenvalue weighted by molar-refractivity contribution is 6.49. The summed E-state index contributed by atoms with van der Waals surface area (Å²) in [5, 5.41) is 0. The van der Waals surface area contributed by atoms with Crippen molar-refractivity contribution in [1.82, 2.24) is 15.0 Å². The Bertz CT molecular complexity index is 652. The summed E-state index contributed by atoms with van der Waals surface area (Å²) in [6, 6.07) is 0. The van der Waals surface area contributed by atoms with Crippen LogP contribution in [0.15, 0.2) is 61.8 Å². The average molecular weight is 291 g/mol. The van der Waals surface area contributed by atoms with E-state index in [-0.39, 0.29) is 0 Å². The Morgan fingerprint density at radius 2 is 1.64 bits per heavy atom. The molecule has 0 bridgehead atoms. The molecule has 22 heavy (non-hydrogen) atoms. The Labute approximate surface area is 133 Å². The molecule has 0 N–H and O–H groups in total. The van der Waals surface area contributed by atoms with Crippen LogP contribution < -0.4 is 5.72 Å². The van der Waals surface area contributed by atoms with Crippen molar-refractivity contribution in [2.75, 3.05) is 0 Å². The van der Waals surface area contributed by atoms with Crippen LogP contribution in [0.4, 0.5) is 0 Å². The Kier molecular flexibility index (Phi) is 7.55. The van der Waals surface area contributed by atoms with Crippen molar-refractivity contribution in [3.05, 3.63) is 73.4 Å². The smallest absolute Gasteiger partial charge is 0.204 e. The van der Waals surface area contributed by atoms with E-state index in [0.29, 0.717) is 11.6 Å². The van der Waals surface area contributed by atoms with Gasteiger partial charge in [-0.2, -0.15) is 0 Å². The summed E-state index contributed by atoms with van der Waals surface area (Å²) < 4.78 is 0. The van der Waals surface area contributed by atoms with Crippen LogP contribution in [0.2, 0.25) is 6.82 Å². The minimum absolute atomic E-state index is 0.618. The molecule has 1 heterocycles. The molecule has 0 aliphatic carbocycles. The fraction of sp³-hybridized carbons (Fsp3) is 0.167. The maximum atomic E-state index is 4.58. The van der Waals surface area contributed by atoms with Crippen LogP contribution in [-0.2, 0) is 0 Å². The second kappa shape index (κ2) is 9.45. The van der Waals surface area contributed by atoms with Gasteiger partial charge in [-0.3, -0.25) is 0 Å². The van der Waals surface area contributed by atoms with E-state index in [4.69, 9.17) is 0 Å². The average Bonchev–Trinajstić information content (AvgIpc) is 2.55. The highest BCUT2D eigenvalue weighted by atomic mass is 15.0. The van der Waals surface area contributed by atoms with Gasteiger partial charge in [0, 0.05) is 11.1 Å². The van der Waals surface area contributed by atoms with Crippen molar-refractivity contribution in [2.45, 2.75) is 20.7 Å². The van der Waals surface area contributed by atoms with Crippen LogP contribution in [0.1, 0.15) is 25.5 Å². The fourth-order valence-corrected chi connectivity index (χ4v) is 1.78. The Morgan fingerprint density at radius 3 is 2.14 bits per heavy atom. The first-order chi connectivity index (χ1) is 10.7. The standard InChI is InChI=1S/C18H22BN3/c1-6-10-13-15(12-8-3)17-20-16(14(9-4)11-7-2)21-18(19-5)22-17/h6-13,19H,2,4H2,1,3,5H3/b10-6-,12-8-,14-11+,15-13+. The first-order valence-electron chi connectivity index (χ1n) is 7.36. The van der Waals surface area contributed by atoms with Crippen LogP contribution in [0.3, 0.4) is 0 Å². The van der Waals surface area contributed by atoms with E-state index in [9.17, 15) is 0 Å². The lowest BCUT2D eigenvalue weighted by Crippen LogP contribution is -2.24. The van der Waals surface area contributed by atoms with E-state index in [2.05, 4.69) is 28.1 Å². The minimum Gasteiger partial charge on any atom is -0.224 e. The zero-order valence-electron chi connectivity index (χ0n) is 13.6. The van der Waals surface area contributed by atoms with Crippen molar-refractivity contribution < 1.29 is 0 Å². The summed E-state index contributed by atoms with van der Waals surface area (Å²) in [5.74, 6) is 1.28. The third kappa shape index (κ3) is 4.81. The van der Waals surface area contributed by atoms with Crippen LogP contribution in [0.5, 0.6) is 0 Å². The van der Waals surface area contributed by atoms with Crippen molar-refractivity contribution in [3.8, 4) is 0 Å². The first kappa shape index (κ1) is 17.6. The second-order valence-corrected chi connectivity index (χ2v) is 4.46. The molecule has 0 aliphatic heterocycles. The van der Waals surface area contributed by atoms with Gasteiger partial charge in [-0.15, -0.1) is 0 Å². The largest absolute Gasteiger partial charge is 0.224 e. The van der Waals surface area contributed by atoms with Crippen LogP contribution in [0.25, 0.3) is 11.1 Å². The number of hydrogen-bond donors (Lipinski definition) is 0. The van der Waals surface area contributed by atoms with Gasteiger partial charge in [0.25, 0.3) is 0 Å². The van der Waals surface area contributed by atoms with Crippen molar-refractivity contribution in [3.63, 3.8) is 0 Å². The third-order valence-electron chi connectivity index (χ3n) is 2.85. The zero-order valence-corrected chi connectivity index (χ0v) is 13.6. The molecule has 3 nitrogen and oxygen atoms in total. The van der Waals surface area contributed by atoms with Gasteiger partial charge in [-0.25, -0.2) is 15.0 Å². The Morgan fingerprint density at radius 1 is 0.955 bits per heavy atom. The topological polar surface area (TPSA) is 38.7 Å².